The Hall–Kier alpha value is -1.99. The Kier molecular flexibility index (Phi) is 6.57. The second kappa shape index (κ2) is 9.09. The van der Waals surface area contributed by atoms with Crippen molar-refractivity contribution in [2.45, 2.75) is 24.5 Å². The number of carbonyl (C=O) groups is 1. The summed E-state index contributed by atoms with van der Waals surface area (Å²) in [4.78, 5) is 23.2. The lowest BCUT2D eigenvalue weighted by Gasteiger charge is -2.32. The zero-order valence-electron chi connectivity index (χ0n) is 14.8. The van der Waals surface area contributed by atoms with Crippen LogP contribution in [0.15, 0.2) is 41.8 Å². The Bertz CT molecular complexity index is 723. The number of thioether (sulfide) groups is 1. The van der Waals surface area contributed by atoms with Crippen LogP contribution in [0.4, 0.5) is 4.39 Å². The molecule has 1 aliphatic rings. The van der Waals surface area contributed by atoms with E-state index in [4.69, 9.17) is 0 Å². The molecular weight excluding hydrogens is 351 g/mol. The van der Waals surface area contributed by atoms with Crippen LogP contribution in [-0.2, 0) is 6.54 Å². The minimum atomic E-state index is -0.334. The van der Waals surface area contributed by atoms with E-state index in [-0.39, 0.29) is 11.7 Å². The molecule has 0 saturated carbocycles. The van der Waals surface area contributed by atoms with Gasteiger partial charge >= 0.3 is 0 Å². The number of amides is 1. The van der Waals surface area contributed by atoms with Crippen LogP contribution in [0.3, 0.4) is 0 Å². The first-order chi connectivity index (χ1) is 12.6. The van der Waals surface area contributed by atoms with Crippen LogP contribution in [0.25, 0.3) is 0 Å². The summed E-state index contributed by atoms with van der Waals surface area (Å²) in [5.74, 6) is -0.0678. The second-order valence-electron chi connectivity index (χ2n) is 6.54. The van der Waals surface area contributed by atoms with Gasteiger partial charge in [0.2, 0.25) is 0 Å². The van der Waals surface area contributed by atoms with Gasteiger partial charge in [-0.2, -0.15) is 0 Å². The molecule has 1 aromatic heterocycles. The van der Waals surface area contributed by atoms with E-state index in [0.717, 1.165) is 43.2 Å². The number of carbonyl (C=O) groups excluding carboxylic acids is 1. The minimum Gasteiger partial charge on any atom is -0.352 e. The number of hydrogen-bond donors (Lipinski definition) is 1. The SMILES string of the molecule is CSc1ncc(CN2CCCC(CNC(=O)c3ccc(F)cc3)C2)cn1. The zero-order chi connectivity index (χ0) is 18.4. The first-order valence-electron chi connectivity index (χ1n) is 8.75. The van der Waals surface area contributed by atoms with E-state index >= 15 is 0 Å². The van der Waals surface area contributed by atoms with Crippen LogP contribution in [0.1, 0.15) is 28.8 Å². The molecule has 5 nitrogen and oxygen atoms in total. The van der Waals surface area contributed by atoms with Crippen molar-refractivity contribution < 1.29 is 9.18 Å². The Balaban J connectivity index is 1.48. The maximum absolute atomic E-state index is 12.9. The second-order valence-corrected chi connectivity index (χ2v) is 7.31. The van der Waals surface area contributed by atoms with Gasteiger partial charge in [0, 0.05) is 43.2 Å². The van der Waals surface area contributed by atoms with E-state index in [2.05, 4.69) is 20.2 Å². The molecule has 1 aromatic carbocycles. The first kappa shape index (κ1) is 18.8. The summed E-state index contributed by atoms with van der Waals surface area (Å²) in [5.41, 5.74) is 1.60. The maximum atomic E-state index is 12.9. The summed E-state index contributed by atoms with van der Waals surface area (Å²) in [6, 6.07) is 5.63. The molecule has 7 heteroatoms. The number of nitrogens with zero attached hydrogens (tertiary/aromatic N) is 3. The lowest BCUT2D eigenvalue weighted by atomic mass is 9.97. The number of rotatable bonds is 6. The maximum Gasteiger partial charge on any atom is 0.251 e. The fourth-order valence-corrected chi connectivity index (χ4v) is 3.51. The number of piperidine rings is 1. The molecule has 1 unspecified atom stereocenters. The number of halogens is 1. The largest absolute Gasteiger partial charge is 0.352 e. The van der Waals surface area contributed by atoms with Crippen molar-refractivity contribution in [1.82, 2.24) is 20.2 Å². The summed E-state index contributed by atoms with van der Waals surface area (Å²) in [5, 5.41) is 3.76. The highest BCUT2D eigenvalue weighted by Crippen LogP contribution is 2.18. The van der Waals surface area contributed by atoms with Crippen LogP contribution < -0.4 is 5.32 Å². The molecule has 1 aliphatic heterocycles. The van der Waals surface area contributed by atoms with E-state index in [1.165, 1.54) is 36.0 Å². The molecule has 2 heterocycles. The van der Waals surface area contributed by atoms with Crippen LogP contribution in [0.5, 0.6) is 0 Å². The van der Waals surface area contributed by atoms with Crippen molar-refractivity contribution in [3.63, 3.8) is 0 Å². The van der Waals surface area contributed by atoms with E-state index in [1.54, 1.807) is 0 Å². The normalized spacial score (nSPS) is 17.8. The molecule has 26 heavy (non-hydrogen) atoms. The molecule has 1 fully saturated rings. The number of likely N-dealkylation sites (tertiary alicyclic amines) is 1. The molecular formula is C19H23FN4OS. The van der Waals surface area contributed by atoms with Gasteiger partial charge in [0.25, 0.3) is 5.91 Å². The van der Waals surface area contributed by atoms with Crippen molar-refractivity contribution in [3.05, 3.63) is 53.6 Å². The Morgan fingerprint density at radius 1 is 1.31 bits per heavy atom. The van der Waals surface area contributed by atoms with E-state index in [0.29, 0.717) is 18.0 Å². The standard InChI is InChI=1S/C19H23FN4OS/c1-26-19-22-10-15(11-23-19)13-24-8-2-3-14(12-24)9-21-18(25)16-4-6-17(20)7-5-16/h4-7,10-11,14H,2-3,8-9,12-13H2,1H3,(H,21,25). The third-order valence-corrected chi connectivity index (χ3v) is 5.11. The van der Waals surface area contributed by atoms with Crippen molar-refractivity contribution >= 4 is 17.7 Å². The van der Waals surface area contributed by atoms with Gasteiger partial charge in [-0.25, -0.2) is 14.4 Å². The van der Waals surface area contributed by atoms with Crippen molar-refractivity contribution in [2.24, 2.45) is 5.92 Å². The van der Waals surface area contributed by atoms with Gasteiger partial charge in [-0.3, -0.25) is 9.69 Å². The highest BCUT2D eigenvalue weighted by atomic mass is 32.2. The summed E-state index contributed by atoms with van der Waals surface area (Å²) in [7, 11) is 0. The molecule has 1 atom stereocenters. The molecule has 138 valence electrons. The number of aromatic nitrogens is 2. The van der Waals surface area contributed by atoms with Crippen LogP contribution in [0, 0.1) is 11.7 Å². The summed E-state index contributed by atoms with van der Waals surface area (Å²) in [6.45, 7) is 3.45. The summed E-state index contributed by atoms with van der Waals surface area (Å²) < 4.78 is 12.9. The summed E-state index contributed by atoms with van der Waals surface area (Å²) >= 11 is 1.54. The van der Waals surface area contributed by atoms with Crippen LogP contribution >= 0.6 is 11.8 Å². The Morgan fingerprint density at radius 3 is 2.73 bits per heavy atom. The summed E-state index contributed by atoms with van der Waals surface area (Å²) in [6.07, 6.45) is 7.95. The Labute approximate surface area is 157 Å². The third kappa shape index (κ3) is 5.25. The molecule has 0 radical (unpaired) electrons. The minimum absolute atomic E-state index is 0.150. The molecule has 0 aliphatic carbocycles. The van der Waals surface area contributed by atoms with Gasteiger partial charge in [-0.1, -0.05) is 11.8 Å². The van der Waals surface area contributed by atoms with Crippen molar-refractivity contribution in [1.29, 1.82) is 0 Å². The van der Waals surface area contributed by atoms with E-state index < -0.39 is 0 Å². The van der Waals surface area contributed by atoms with Crippen LogP contribution in [-0.4, -0.2) is 46.7 Å². The highest BCUT2D eigenvalue weighted by Gasteiger charge is 2.21. The fraction of sp³-hybridized carbons (Fsp3) is 0.421. The van der Waals surface area contributed by atoms with Gasteiger partial charge in [-0.15, -0.1) is 0 Å². The predicted octanol–water partition coefficient (Wildman–Crippen LogP) is 2.98. The van der Waals surface area contributed by atoms with E-state index in [9.17, 15) is 9.18 Å². The molecule has 2 aromatic rings. The molecule has 0 bridgehead atoms. The molecule has 1 amide bonds. The van der Waals surface area contributed by atoms with E-state index in [1.807, 2.05) is 18.6 Å². The monoisotopic (exact) mass is 374 g/mol. The molecule has 1 saturated heterocycles. The third-order valence-electron chi connectivity index (χ3n) is 4.53. The quantitative estimate of drug-likeness (QED) is 0.622. The van der Waals surface area contributed by atoms with Gasteiger partial charge in [0.1, 0.15) is 5.82 Å². The molecule has 3 rings (SSSR count). The molecule has 1 N–H and O–H groups in total. The number of nitrogens with one attached hydrogen (secondary N) is 1. The number of hydrogen-bond acceptors (Lipinski definition) is 5. The lowest BCUT2D eigenvalue weighted by Crippen LogP contribution is -2.40. The highest BCUT2D eigenvalue weighted by molar-refractivity contribution is 7.98. The predicted molar refractivity (Wildman–Crippen MR) is 101 cm³/mol. The van der Waals surface area contributed by atoms with Gasteiger partial charge in [0.15, 0.2) is 5.16 Å². The van der Waals surface area contributed by atoms with Crippen molar-refractivity contribution in [2.75, 3.05) is 25.9 Å². The van der Waals surface area contributed by atoms with Gasteiger partial charge in [0.05, 0.1) is 0 Å². The topological polar surface area (TPSA) is 58.1 Å². The number of benzene rings is 1. The zero-order valence-corrected chi connectivity index (χ0v) is 15.6. The molecule has 0 spiro atoms. The fourth-order valence-electron chi connectivity index (χ4n) is 3.19. The Morgan fingerprint density at radius 2 is 2.04 bits per heavy atom. The smallest absolute Gasteiger partial charge is 0.251 e. The first-order valence-corrected chi connectivity index (χ1v) is 9.97. The lowest BCUT2D eigenvalue weighted by molar-refractivity contribution is 0.0930. The van der Waals surface area contributed by atoms with Gasteiger partial charge < -0.3 is 5.32 Å². The van der Waals surface area contributed by atoms with Crippen molar-refractivity contribution in [3.8, 4) is 0 Å². The average Bonchev–Trinajstić information content (AvgIpc) is 2.67. The average molecular weight is 374 g/mol. The van der Waals surface area contributed by atoms with Gasteiger partial charge in [-0.05, 0) is 55.8 Å². The van der Waals surface area contributed by atoms with Crippen LogP contribution in [0.2, 0.25) is 0 Å².